The zero-order chi connectivity index (χ0) is 25.4. The number of aryl methyl sites for hydroxylation is 1. The number of carbonyl (C=O) groups is 1. The number of carbonyl (C=O) groups excluding carboxylic acids is 1. The molecule has 6 rings (SSSR count). The van der Waals surface area contributed by atoms with Crippen LogP contribution in [-0.2, 0) is 30.9 Å². The second-order valence-corrected chi connectivity index (χ2v) is 9.47. The van der Waals surface area contributed by atoms with Crippen LogP contribution in [0.4, 0.5) is 0 Å². The van der Waals surface area contributed by atoms with E-state index >= 15 is 0 Å². The van der Waals surface area contributed by atoms with Crippen molar-refractivity contribution in [3.05, 3.63) is 123 Å². The van der Waals surface area contributed by atoms with Gasteiger partial charge in [-0.1, -0.05) is 48.5 Å². The lowest BCUT2D eigenvalue weighted by molar-refractivity contribution is 0.0466. The molecule has 0 amide bonds. The third-order valence-corrected chi connectivity index (χ3v) is 6.81. The standard InChI is InChI=1S/C30H26N4O3/c1-20-11-14-34-27(15-20)31-22(16-28(34)35)19-37-30(36)29-23-9-5-6-10-25(23)32-26-12-13-33(18-24(26)29)17-21-7-3-2-4-8-21/h2-11,14-16H,12-13,17-19H2,1H3. The van der Waals surface area contributed by atoms with Crippen LogP contribution in [0.3, 0.4) is 0 Å². The molecule has 0 N–H and O–H groups in total. The minimum atomic E-state index is -0.428. The Balaban J connectivity index is 1.32. The molecule has 0 fully saturated rings. The van der Waals surface area contributed by atoms with Crippen molar-refractivity contribution in [3.63, 3.8) is 0 Å². The first-order valence-corrected chi connectivity index (χ1v) is 12.4. The van der Waals surface area contributed by atoms with Crippen molar-refractivity contribution in [3.8, 4) is 0 Å². The van der Waals surface area contributed by atoms with Crippen LogP contribution in [-0.4, -0.2) is 31.8 Å². The van der Waals surface area contributed by atoms with E-state index in [-0.39, 0.29) is 12.2 Å². The first-order valence-electron chi connectivity index (χ1n) is 12.4. The molecule has 1 aliphatic rings. The Kier molecular flexibility index (Phi) is 5.98. The normalized spacial score (nSPS) is 13.5. The van der Waals surface area contributed by atoms with Gasteiger partial charge in [-0.2, -0.15) is 0 Å². The van der Waals surface area contributed by atoms with Crippen LogP contribution in [0.25, 0.3) is 16.6 Å². The molecule has 3 aromatic heterocycles. The SMILES string of the molecule is Cc1ccn2c(=O)cc(COC(=O)c3c4c(nc5ccccc35)CCN(Cc3ccccc3)C4)nc2c1. The zero-order valence-electron chi connectivity index (χ0n) is 20.6. The summed E-state index contributed by atoms with van der Waals surface area (Å²) < 4.78 is 7.26. The van der Waals surface area contributed by atoms with Crippen molar-refractivity contribution < 1.29 is 9.53 Å². The number of benzene rings is 2. The number of rotatable bonds is 5. The number of ether oxygens (including phenoxy) is 1. The number of esters is 1. The van der Waals surface area contributed by atoms with Crippen LogP contribution in [0, 0.1) is 6.92 Å². The lowest BCUT2D eigenvalue weighted by atomic mass is 9.95. The maximum Gasteiger partial charge on any atom is 0.339 e. The lowest BCUT2D eigenvalue weighted by Gasteiger charge is -2.30. The Morgan fingerprint density at radius 1 is 1.00 bits per heavy atom. The van der Waals surface area contributed by atoms with E-state index in [1.54, 1.807) is 6.20 Å². The van der Waals surface area contributed by atoms with Gasteiger partial charge in [-0.05, 0) is 36.2 Å². The molecule has 0 unspecified atom stereocenters. The van der Waals surface area contributed by atoms with Crippen molar-refractivity contribution >= 4 is 22.5 Å². The fourth-order valence-electron chi connectivity index (χ4n) is 5.00. The van der Waals surface area contributed by atoms with Crippen molar-refractivity contribution in [2.75, 3.05) is 6.54 Å². The summed E-state index contributed by atoms with van der Waals surface area (Å²) in [4.78, 5) is 37.9. The van der Waals surface area contributed by atoms with Crippen LogP contribution in [0.15, 0.2) is 83.8 Å². The third kappa shape index (κ3) is 4.61. The Hall–Kier alpha value is -4.36. The Morgan fingerprint density at radius 2 is 1.81 bits per heavy atom. The summed E-state index contributed by atoms with van der Waals surface area (Å²) in [5.74, 6) is -0.428. The van der Waals surface area contributed by atoms with E-state index in [0.717, 1.165) is 47.2 Å². The van der Waals surface area contributed by atoms with Gasteiger partial charge in [0.2, 0.25) is 0 Å². The highest BCUT2D eigenvalue weighted by Gasteiger charge is 2.27. The summed E-state index contributed by atoms with van der Waals surface area (Å²) in [5, 5.41) is 0.773. The highest BCUT2D eigenvalue weighted by molar-refractivity contribution is 6.05. The first-order chi connectivity index (χ1) is 18.0. The predicted octanol–water partition coefficient (Wildman–Crippen LogP) is 4.47. The molecule has 2 aromatic carbocycles. The summed E-state index contributed by atoms with van der Waals surface area (Å²) in [5.41, 5.74) is 6.14. The van der Waals surface area contributed by atoms with Crippen LogP contribution in [0.2, 0.25) is 0 Å². The molecule has 184 valence electrons. The second kappa shape index (κ2) is 9.59. The molecule has 7 nitrogen and oxygen atoms in total. The van der Waals surface area contributed by atoms with Gasteiger partial charge in [0.25, 0.3) is 5.56 Å². The smallest absolute Gasteiger partial charge is 0.339 e. The highest BCUT2D eigenvalue weighted by Crippen LogP contribution is 2.29. The van der Waals surface area contributed by atoms with Gasteiger partial charge in [-0.25, -0.2) is 9.78 Å². The molecule has 1 aliphatic heterocycles. The van der Waals surface area contributed by atoms with Gasteiger partial charge >= 0.3 is 5.97 Å². The highest BCUT2D eigenvalue weighted by atomic mass is 16.5. The molecule has 0 atom stereocenters. The summed E-state index contributed by atoms with van der Waals surface area (Å²) >= 11 is 0. The molecule has 0 radical (unpaired) electrons. The van der Waals surface area contributed by atoms with E-state index in [9.17, 15) is 9.59 Å². The van der Waals surface area contributed by atoms with E-state index < -0.39 is 5.97 Å². The monoisotopic (exact) mass is 490 g/mol. The predicted molar refractivity (Wildman–Crippen MR) is 141 cm³/mol. The largest absolute Gasteiger partial charge is 0.456 e. The third-order valence-electron chi connectivity index (χ3n) is 6.81. The Morgan fingerprint density at radius 3 is 2.68 bits per heavy atom. The van der Waals surface area contributed by atoms with Crippen molar-refractivity contribution in [1.29, 1.82) is 0 Å². The zero-order valence-corrected chi connectivity index (χ0v) is 20.6. The summed E-state index contributed by atoms with van der Waals surface area (Å²) in [6.45, 7) is 4.13. The summed E-state index contributed by atoms with van der Waals surface area (Å²) in [6.07, 6.45) is 2.46. The van der Waals surface area contributed by atoms with Crippen molar-refractivity contribution in [2.24, 2.45) is 0 Å². The van der Waals surface area contributed by atoms with Gasteiger partial charge in [0.15, 0.2) is 0 Å². The number of pyridine rings is 2. The number of nitrogens with zero attached hydrogens (tertiary/aromatic N) is 4. The molecule has 4 heterocycles. The number of para-hydroxylation sites is 1. The Labute approximate surface area is 214 Å². The van der Waals surface area contributed by atoms with E-state index in [1.807, 2.05) is 61.5 Å². The van der Waals surface area contributed by atoms with E-state index in [1.165, 1.54) is 16.0 Å². The molecule has 0 bridgehead atoms. The molecular weight excluding hydrogens is 464 g/mol. The fraction of sp³-hybridized carbons (Fsp3) is 0.200. The molecule has 0 aliphatic carbocycles. The number of hydrogen-bond acceptors (Lipinski definition) is 6. The molecule has 0 spiro atoms. The average molecular weight is 491 g/mol. The molecule has 5 aromatic rings. The topological polar surface area (TPSA) is 76.8 Å². The molecule has 7 heteroatoms. The molecule has 0 saturated carbocycles. The minimum Gasteiger partial charge on any atom is -0.456 e. The van der Waals surface area contributed by atoms with Crippen LogP contribution in [0.5, 0.6) is 0 Å². The van der Waals surface area contributed by atoms with E-state index in [4.69, 9.17) is 9.72 Å². The van der Waals surface area contributed by atoms with Gasteiger partial charge in [0.05, 0.1) is 16.8 Å². The van der Waals surface area contributed by atoms with Gasteiger partial charge in [-0.15, -0.1) is 0 Å². The van der Waals surface area contributed by atoms with Crippen molar-refractivity contribution in [1.82, 2.24) is 19.3 Å². The van der Waals surface area contributed by atoms with Gasteiger partial charge in [0.1, 0.15) is 12.3 Å². The fourth-order valence-corrected chi connectivity index (χ4v) is 5.00. The number of aromatic nitrogens is 3. The van der Waals surface area contributed by atoms with Gasteiger partial charge in [0, 0.05) is 55.0 Å². The number of hydrogen-bond donors (Lipinski definition) is 0. The first kappa shape index (κ1) is 23.1. The van der Waals surface area contributed by atoms with Crippen LogP contribution in [0.1, 0.15) is 38.4 Å². The molecule has 37 heavy (non-hydrogen) atoms. The molecular formula is C30H26N4O3. The van der Waals surface area contributed by atoms with Gasteiger partial charge in [-0.3, -0.25) is 19.1 Å². The second-order valence-electron chi connectivity index (χ2n) is 9.47. The maximum atomic E-state index is 13.6. The lowest BCUT2D eigenvalue weighted by Crippen LogP contribution is -2.32. The van der Waals surface area contributed by atoms with E-state index in [0.29, 0.717) is 23.4 Å². The quantitative estimate of drug-likeness (QED) is 0.339. The number of fused-ring (bicyclic) bond motifs is 3. The Bertz CT molecular complexity index is 1690. The van der Waals surface area contributed by atoms with Gasteiger partial charge < -0.3 is 4.74 Å². The average Bonchev–Trinajstić information content (AvgIpc) is 2.91. The van der Waals surface area contributed by atoms with E-state index in [2.05, 4.69) is 22.0 Å². The minimum absolute atomic E-state index is 0.0856. The summed E-state index contributed by atoms with van der Waals surface area (Å²) in [7, 11) is 0. The van der Waals surface area contributed by atoms with Crippen LogP contribution >= 0.6 is 0 Å². The summed E-state index contributed by atoms with van der Waals surface area (Å²) in [6, 6.07) is 23.1. The maximum absolute atomic E-state index is 13.6. The molecule has 0 saturated heterocycles. The van der Waals surface area contributed by atoms with Crippen LogP contribution < -0.4 is 5.56 Å². The van der Waals surface area contributed by atoms with Crippen molar-refractivity contribution in [2.45, 2.75) is 33.0 Å².